The summed E-state index contributed by atoms with van der Waals surface area (Å²) in [4.78, 5) is 26.7. The van der Waals surface area contributed by atoms with E-state index < -0.39 is 0 Å². The second-order valence-corrected chi connectivity index (χ2v) is 4.90. The molecule has 0 aliphatic carbocycles. The summed E-state index contributed by atoms with van der Waals surface area (Å²) in [5.74, 6) is -0.0950. The lowest BCUT2D eigenvalue weighted by atomic mass is 10.1. The molecule has 0 aromatic heterocycles. The molecule has 0 unspecified atom stereocenters. The quantitative estimate of drug-likeness (QED) is 0.822. The van der Waals surface area contributed by atoms with E-state index in [1.54, 1.807) is 12.1 Å². The topological polar surface area (TPSA) is 58.5 Å². The molecule has 0 radical (unpaired) electrons. The van der Waals surface area contributed by atoms with Crippen LogP contribution in [0.3, 0.4) is 0 Å². The van der Waals surface area contributed by atoms with Crippen molar-refractivity contribution in [2.24, 2.45) is 4.99 Å². The molecule has 0 spiro atoms. The van der Waals surface area contributed by atoms with E-state index in [2.05, 4.69) is 10.3 Å². The van der Waals surface area contributed by atoms with Gasteiger partial charge in [0, 0.05) is 5.56 Å². The first-order valence-corrected chi connectivity index (χ1v) is 6.17. The van der Waals surface area contributed by atoms with E-state index in [9.17, 15) is 9.59 Å². The minimum absolute atomic E-state index is 0.109. The minimum atomic E-state index is -0.318. The number of benzene rings is 1. The van der Waals surface area contributed by atoms with Gasteiger partial charge in [0.2, 0.25) is 5.91 Å². The number of nitrogens with zero attached hydrogens (tertiary/aromatic N) is 1. The highest BCUT2D eigenvalue weighted by molar-refractivity contribution is 8.15. The lowest BCUT2D eigenvalue weighted by molar-refractivity contribution is -0.116. The first kappa shape index (κ1) is 11.9. The highest BCUT2D eigenvalue weighted by Crippen LogP contribution is 2.13. The second kappa shape index (κ2) is 4.71. The van der Waals surface area contributed by atoms with Crippen molar-refractivity contribution in [3.8, 4) is 0 Å². The molecule has 1 saturated heterocycles. The number of amides is 2. The fourth-order valence-electron chi connectivity index (χ4n) is 1.64. The van der Waals surface area contributed by atoms with Gasteiger partial charge in [0.25, 0.3) is 5.91 Å². The van der Waals surface area contributed by atoms with Gasteiger partial charge >= 0.3 is 0 Å². The lowest BCUT2D eigenvalue weighted by Gasteiger charge is -2.01. The van der Waals surface area contributed by atoms with Crippen LogP contribution >= 0.6 is 11.8 Å². The van der Waals surface area contributed by atoms with Crippen LogP contribution < -0.4 is 5.32 Å². The molecule has 2 rings (SSSR count). The maximum absolute atomic E-state index is 11.9. The summed E-state index contributed by atoms with van der Waals surface area (Å²) >= 11 is 1.25. The number of hydrogen-bond donors (Lipinski definition) is 1. The Hall–Kier alpha value is -1.62. The van der Waals surface area contributed by atoms with Crippen LogP contribution in [0.25, 0.3) is 0 Å². The fraction of sp³-hybridized carbons (Fsp3) is 0.250. The number of carbonyl (C=O) groups is 2. The molecule has 1 heterocycles. The molecule has 1 aliphatic heterocycles. The number of carbonyl (C=O) groups excluding carboxylic acids is 2. The average Bonchev–Trinajstić information content (AvgIpc) is 2.62. The van der Waals surface area contributed by atoms with Gasteiger partial charge in [-0.25, -0.2) is 0 Å². The van der Waals surface area contributed by atoms with Gasteiger partial charge in [0.15, 0.2) is 5.17 Å². The van der Waals surface area contributed by atoms with Gasteiger partial charge in [-0.3, -0.25) is 9.59 Å². The normalized spacial score (nSPS) is 17.3. The van der Waals surface area contributed by atoms with Crippen LogP contribution in [-0.2, 0) is 4.79 Å². The Balaban J connectivity index is 2.22. The molecule has 4 nitrogen and oxygen atoms in total. The molecule has 1 aliphatic rings. The van der Waals surface area contributed by atoms with E-state index in [1.807, 2.05) is 19.9 Å². The smallest absolute Gasteiger partial charge is 0.279 e. The van der Waals surface area contributed by atoms with Gasteiger partial charge in [0.1, 0.15) is 0 Å². The SMILES string of the molecule is Cc1cc(C)cc(C(=O)N=C2NC(=O)CS2)c1. The Morgan fingerprint density at radius 2 is 1.94 bits per heavy atom. The molecule has 0 bridgehead atoms. The fourth-order valence-corrected chi connectivity index (χ4v) is 2.31. The maximum atomic E-state index is 11.9. The molecular formula is C12H12N2O2S. The van der Waals surface area contributed by atoms with Crippen LogP contribution in [0.4, 0.5) is 0 Å². The Morgan fingerprint density at radius 3 is 2.47 bits per heavy atom. The van der Waals surface area contributed by atoms with Crippen LogP contribution in [-0.4, -0.2) is 22.7 Å². The van der Waals surface area contributed by atoms with Crippen molar-refractivity contribution in [2.75, 3.05) is 5.75 Å². The van der Waals surface area contributed by atoms with Gasteiger partial charge < -0.3 is 5.32 Å². The monoisotopic (exact) mass is 248 g/mol. The predicted octanol–water partition coefficient (Wildman–Crippen LogP) is 1.66. The zero-order valence-corrected chi connectivity index (χ0v) is 10.4. The van der Waals surface area contributed by atoms with Crippen molar-refractivity contribution < 1.29 is 9.59 Å². The summed E-state index contributed by atoms with van der Waals surface area (Å²) in [5.41, 5.74) is 2.60. The van der Waals surface area contributed by atoms with Crippen molar-refractivity contribution in [2.45, 2.75) is 13.8 Å². The van der Waals surface area contributed by atoms with E-state index in [0.717, 1.165) is 11.1 Å². The molecule has 0 atom stereocenters. The van der Waals surface area contributed by atoms with E-state index in [0.29, 0.717) is 16.5 Å². The Bertz CT molecular complexity index is 503. The Labute approximate surface area is 104 Å². The molecule has 0 saturated carbocycles. The van der Waals surface area contributed by atoms with E-state index in [4.69, 9.17) is 0 Å². The van der Waals surface area contributed by atoms with E-state index in [-0.39, 0.29) is 11.8 Å². The average molecular weight is 248 g/mol. The third-order valence-electron chi connectivity index (χ3n) is 2.26. The summed E-state index contributed by atoms with van der Waals surface area (Å²) in [6.45, 7) is 3.87. The third kappa shape index (κ3) is 2.94. The summed E-state index contributed by atoms with van der Waals surface area (Å²) in [6, 6.07) is 5.58. The molecule has 1 aromatic carbocycles. The molecule has 17 heavy (non-hydrogen) atoms. The number of thioether (sulfide) groups is 1. The number of amidine groups is 1. The summed E-state index contributed by atoms with van der Waals surface area (Å²) in [6.07, 6.45) is 0. The zero-order chi connectivity index (χ0) is 12.4. The Kier molecular flexibility index (Phi) is 3.28. The predicted molar refractivity (Wildman–Crippen MR) is 68.3 cm³/mol. The summed E-state index contributed by atoms with van der Waals surface area (Å²) in [5, 5.41) is 2.93. The van der Waals surface area contributed by atoms with Crippen LogP contribution in [0.2, 0.25) is 0 Å². The van der Waals surface area contributed by atoms with Gasteiger partial charge in [-0.2, -0.15) is 4.99 Å². The van der Waals surface area contributed by atoms with Crippen LogP contribution in [0.1, 0.15) is 21.5 Å². The highest BCUT2D eigenvalue weighted by atomic mass is 32.2. The van der Waals surface area contributed by atoms with Crippen molar-refractivity contribution in [1.82, 2.24) is 5.32 Å². The van der Waals surface area contributed by atoms with Crippen LogP contribution in [0.15, 0.2) is 23.2 Å². The number of hydrogen-bond acceptors (Lipinski definition) is 3. The first-order valence-electron chi connectivity index (χ1n) is 5.18. The molecule has 88 valence electrons. The molecule has 1 fully saturated rings. The van der Waals surface area contributed by atoms with Gasteiger partial charge in [-0.05, 0) is 26.0 Å². The molecule has 5 heteroatoms. The maximum Gasteiger partial charge on any atom is 0.279 e. The van der Waals surface area contributed by atoms with Gasteiger partial charge in [0.05, 0.1) is 5.75 Å². The summed E-state index contributed by atoms with van der Waals surface area (Å²) in [7, 11) is 0. The van der Waals surface area contributed by atoms with Gasteiger partial charge in [-0.15, -0.1) is 0 Å². The van der Waals surface area contributed by atoms with Crippen molar-refractivity contribution in [3.05, 3.63) is 34.9 Å². The molecular weight excluding hydrogens is 236 g/mol. The highest BCUT2D eigenvalue weighted by Gasteiger charge is 2.18. The van der Waals surface area contributed by atoms with Crippen molar-refractivity contribution in [3.63, 3.8) is 0 Å². The minimum Gasteiger partial charge on any atom is -0.304 e. The zero-order valence-electron chi connectivity index (χ0n) is 9.61. The third-order valence-corrected chi connectivity index (χ3v) is 3.13. The van der Waals surface area contributed by atoms with Crippen molar-refractivity contribution >= 4 is 28.7 Å². The first-order chi connectivity index (χ1) is 8.04. The number of aliphatic imine (C=N–C) groups is 1. The number of nitrogens with one attached hydrogen (secondary N) is 1. The standard InChI is InChI=1S/C12H12N2O2S/c1-7-3-8(2)5-9(4-7)11(16)14-12-13-10(15)6-17-12/h3-5H,6H2,1-2H3,(H,13,14,15,16). The summed E-state index contributed by atoms with van der Waals surface area (Å²) < 4.78 is 0. The van der Waals surface area contributed by atoms with E-state index >= 15 is 0 Å². The molecule has 1 N–H and O–H groups in total. The largest absolute Gasteiger partial charge is 0.304 e. The van der Waals surface area contributed by atoms with Crippen LogP contribution in [0.5, 0.6) is 0 Å². The van der Waals surface area contributed by atoms with Gasteiger partial charge in [-0.1, -0.05) is 29.0 Å². The molecule has 1 aromatic rings. The second-order valence-electron chi connectivity index (χ2n) is 3.94. The van der Waals surface area contributed by atoms with Crippen molar-refractivity contribution in [1.29, 1.82) is 0 Å². The lowest BCUT2D eigenvalue weighted by Crippen LogP contribution is -2.21. The Morgan fingerprint density at radius 1 is 1.29 bits per heavy atom. The molecule has 2 amide bonds. The number of aryl methyl sites for hydroxylation is 2. The van der Waals surface area contributed by atoms with Crippen LogP contribution in [0, 0.1) is 13.8 Å². The number of rotatable bonds is 1. The van der Waals surface area contributed by atoms with E-state index in [1.165, 1.54) is 11.8 Å².